The lowest BCUT2D eigenvalue weighted by Gasteiger charge is -2.23. The molecule has 1 aromatic carbocycles. The van der Waals surface area contributed by atoms with Gasteiger partial charge < -0.3 is 10.2 Å². The predicted molar refractivity (Wildman–Crippen MR) is 78.2 cm³/mol. The van der Waals surface area contributed by atoms with Crippen molar-refractivity contribution in [3.63, 3.8) is 0 Å². The molecule has 0 unspecified atom stereocenters. The summed E-state index contributed by atoms with van der Waals surface area (Å²) >= 11 is 11.9. The molecule has 1 saturated heterocycles. The van der Waals surface area contributed by atoms with Gasteiger partial charge in [0.05, 0.1) is 36.8 Å². The normalized spacial score (nSPS) is 16.3. The van der Waals surface area contributed by atoms with Crippen LogP contribution in [0.4, 0.5) is 0 Å². The van der Waals surface area contributed by atoms with Crippen molar-refractivity contribution in [1.29, 1.82) is 0 Å². The summed E-state index contributed by atoms with van der Waals surface area (Å²) in [5.41, 5.74) is 0.447. The van der Waals surface area contributed by atoms with Crippen molar-refractivity contribution in [1.82, 2.24) is 5.32 Å². The number of carbonyl (C=O) groups excluding carboxylic acids is 1. The van der Waals surface area contributed by atoms with Crippen LogP contribution in [0.3, 0.4) is 0 Å². The van der Waals surface area contributed by atoms with Gasteiger partial charge in [-0.1, -0.05) is 23.2 Å². The smallest absolute Gasteiger partial charge is 0.253 e. The summed E-state index contributed by atoms with van der Waals surface area (Å²) in [6, 6.07) is 4.93. The van der Waals surface area contributed by atoms with E-state index < -0.39 is 0 Å². The van der Waals surface area contributed by atoms with Crippen LogP contribution in [0.2, 0.25) is 10.0 Å². The Morgan fingerprint density at radius 3 is 2.68 bits per heavy atom. The Balaban J connectivity index is 1.82. The number of likely N-dealkylation sites (tertiary alicyclic amines) is 1. The van der Waals surface area contributed by atoms with Crippen LogP contribution in [0.25, 0.3) is 0 Å². The van der Waals surface area contributed by atoms with E-state index in [9.17, 15) is 4.79 Å². The van der Waals surface area contributed by atoms with Crippen molar-refractivity contribution in [2.75, 3.05) is 26.2 Å². The highest BCUT2D eigenvalue weighted by atomic mass is 35.5. The number of rotatable bonds is 4. The van der Waals surface area contributed by atoms with Crippen LogP contribution in [0.5, 0.6) is 0 Å². The molecular weight excluding hydrogens is 283 g/mol. The number of nitrogens with one attached hydrogen (secondary N) is 2. The molecular formula is C14H19Cl2N2O+. The summed E-state index contributed by atoms with van der Waals surface area (Å²) in [4.78, 5) is 13.6. The molecule has 19 heavy (non-hydrogen) atoms. The minimum Gasteiger partial charge on any atom is -0.346 e. The summed E-state index contributed by atoms with van der Waals surface area (Å²) in [5, 5.41) is 3.87. The molecule has 1 aliphatic rings. The van der Waals surface area contributed by atoms with Crippen LogP contribution < -0.4 is 10.2 Å². The Hall–Kier alpha value is -0.770. The maximum absolute atomic E-state index is 12.0. The molecule has 0 aliphatic carbocycles. The Morgan fingerprint density at radius 2 is 1.95 bits per heavy atom. The molecule has 1 aromatic rings. The number of quaternary nitrogens is 1. The number of hydrogen-bond donors (Lipinski definition) is 2. The number of benzene rings is 1. The number of hydrogen-bond acceptors (Lipinski definition) is 1. The van der Waals surface area contributed by atoms with Crippen molar-refractivity contribution in [2.45, 2.75) is 19.3 Å². The minimum absolute atomic E-state index is 0.149. The summed E-state index contributed by atoms with van der Waals surface area (Å²) in [5.74, 6) is -0.149. The fraction of sp³-hybridized carbons (Fsp3) is 0.500. The topological polar surface area (TPSA) is 33.5 Å². The molecule has 0 spiro atoms. The molecule has 0 aromatic heterocycles. The highest BCUT2D eigenvalue weighted by molar-refractivity contribution is 6.35. The Bertz CT molecular complexity index is 445. The van der Waals surface area contributed by atoms with E-state index in [-0.39, 0.29) is 5.91 Å². The standard InChI is InChI=1S/C14H18Cl2N2O/c15-11-4-5-13(16)12(10-11)14(19)17-6-9-18-7-2-1-3-8-18/h4-5,10H,1-3,6-9H2,(H,17,19)/p+1. The van der Waals surface area contributed by atoms with Crippen molar-refractivity contribution < 1.29 is 9.69 Å². The third-order valence-electron chi connectivity index (χ3n) is 3.50. The molecule has 104 valence electrons. The molecule has 5 heteroatoms. The average Bonchev–Trinajstić information content (AvgIpc) is 2.42. The van der Waals surface area contributed by atoms with E-state index in [1.165, 1.54) is 32.4 Å². The van der Waals surface area contributed by atoms with Gasteiger partial charge in [-0.3, -0.25) is 4.79 Å². The van der Waals surface area contributed by atoms with Gasteiger partial charge in [-0.05, 0) is 37.5 Å². The number of amides is 1. The second-order valence-electron chi connectivity index (χ2n) is 4.94. The molecule has 0 atom stereocenters. The maximum atomic E-state index is 12.0. The van der Waals surface area contributed by atoms with Crippen molar-refractivity contribution in [2.24, 2.45) is 0 Å². The molecule has 2 N–H and O–H groups in total. The molecule has 0 radical (unpaired) electrons. The zero-order valence-electron chi connectivity index (χ0n) is 10.8. The molecule has 3 nitrogen and oxygen atoms in total. The lowest BCUT2D eigenvalue weighted by atomic mass is 10.1. The van der Waals surface area contributed by atoms with E-state index >= 15 is 0 Å². The summed E-state index contributed by atoms with van der Waals surface area (Å²) in [6.45, 7) is 4.09. The maximum Gasteiger partial charge on any atom is 0.253 e. The van der Waals surface area contributed by atoms with Crippen LogP contribution >= 0.6 is 23.2 Å². The zero-order valence-corrected chi connectivity index (χ0v) is 12.4. The molecule has 1 amide bonds. The van der Waals surface area contributed by atoms with Crippen molar-refractivity contribution >= 4 is 29.1 Å². The van der Waals surface area contributed by atoms with Gasteiger partial charge in [-0.2, -0.15) is 0 Å². The minimum atomic E-state index is -0.149. The molecule has 2 rings (SSSR count). The molecule has 1 heterocycles. The predicted octanol–water partition coefficient (Wildman–Crippen LogP) is 1.79. The van der Waals surface area contributed by atoms with E-state index in [2.05, 4.69) is 5.32 Å². The van der Waals surface area contributed by atoms with E-state index in [0.29, 0.717) is 22.2 Å². The SMILES string of the molecule is O=C(NCC[NH+]1CCCCC1)c1cc(Cl)ccc1Cl. The number of halogens is 2. The molecule has 0 bridgehead atoms. The van der Waals surface area contributed by atoms with Crippen molar-refractivity contribution in [3.8, 4) is 0 Å². The van der Waals surface area contributed by atoms with Gasteiger partial charge in [0.15, 0.2) is 0 Å². The Morgan fingerprint density at radius 1 is 1.21 bits per heavy atom. The third kappa shape index (κ3) is 4.37. The number of piperidine rings is 1. The second-order valence-corrected chi connectivity index (χ2v) is 5.78. The summed E-state index contributed by atoms with van der Waals surface area (Å²) in [6.07, 6.45) is 3.93. The van der Waals surface area contributed by atoms with E-state index in [1.54, 1.807) is 23.1 Å². The van der Waals surface area contributed by atoms with Gasteiger partial charge in [-0.15, -0.1) is 0 Å². The first-order chi connectivity index (χ1) is 9.16. The first-order valence-electron chi connectivity index (χ1n) is 6.73. The zero-order chi connectivity index (χ0) is 13.7. The molecule has 1 fully saturated rings. The first kappa shape index (κ1) is 14.6. The molecule has 0 saturated carbocycles. The highest BCUT2D eigenvalue weighted by Crippen LogP contribution is 2.20. The lowest BCUT2D eigenvalue weighted by Crippen LogP contribution is -3.13. The van der Waals surface area contributed by atoms with E-state index in [1.807, 2.05) is 0 Å². The van der Waals surface area contributed by atoms with Gasteiger partial charge in [0.2, 0.25) is 0 Å². The van der Waals surface area contributed by atoms with E-state index in [0.717, 1.165) is 6.54 Å². The van der Waals surface area contributed by atoms with Gasteiger partial charge in [0, 0.05) is 5.02 Å². The average molecular weight is 302 g/mol. The summed E-state index contributed by atoms with van der Waals surface area (Å²) < 4.78 is 0. The Labute approximate surface area is 123 Å². The van der Waals surface area contributed by atoms with Crippen LogP contribution in [-0.4, -0.2) is 32.1 Å². The van der Waals surface area contributed by atoms with Crippen LogP contribution in [0, 0.1) is 0 Å². The van der Waals surface area contributed by atoms with Gasteiger partial charge in [0.1, 0.15) is 0 Å². The van der Waals surface area contributed by atoms with Gasteiger partial charge in [-0.25, -0.2) is 0 Å². The number of carbonyl (C=O) groups is 1. The van der Waals surface area contributed by atoms with Gasteiger partial charge in [0.25, 0.3) is 5.91 Å². The monoisotopic (exact) mass is 301 g/mol. The van der Waals surface area contributed by atoms with E-state index in [4.69, 9.17) is 23.2 Å². The van der Waals surface area contributed by atoms with Gasteiger partial charge >= 0.3 is 0 Å². The van der Waals surface area contributed by atoms with Crippen molar-refractivity contribution in [3.05, 3.63) is 33.8 Å². The fourth-order valence-electron chi connectivity index (χ4n) is 2.42. The molecule has 1 aliphatic heterocycles. The Kier molecular flexibility index (Phi) is 5.49. The second kappa shape index (κ2) is 7.13. The first-order valence-corrected chi connectivity index (χ1v) is 7.49. The van der Waals surface area contributed by atoms with Crippen LogP contribution in [0.15, 0.2) is 18.2 Å². The highest BCUT2D eigenvalue weighted by Gasteiger charge is 2.14. The van der Waals surface area contributed by atoms with Crippen LogP contribution in [-0.2, 0) is 0 Å². The van der Waals surface area contributed by atoms with Crippen LogP contribution in [0.1, 0.15) is 29.6 Å². The fourth-order valence-corrected chi connectivity index (χ4v) is 2.80. The lowest BCUT2D eigenvalue weighted by molar-refractivity contribution is -0.903. The largest absolute Gasteiger partial charge is 0.346 e. The quantitative estimate of drug-likeness (QED) is 0.873. The summed E-state index contributed by atoms with van der Waals surface area (Å²) in [7, 11) is 0. The third-order valence-corrected chi connectivity index (χ3v) is 4.06.